The number of amides is 3. The van der Waals surface area contributed by atoms with Gasteiger partial charge in [-0.2, -0.15) is 0 Å². The predicted molar refractivity (Wildman–Crippen MR) is 85.0 cm³/mol. The molecule has 3 N–H and O–H groups in total. The Morgan fingerprint density at radius 1 is 1.18 bits per heavy atom. The standard InChI is InChI=1S/C15H19N3O3.ClH/c1-10(16)13(19)17-8-4-5-9-18-14(20)11-6-2-3-7-12(11)15(18)21;/h2-3,6-7,10H,4-5,8-9,16H2,1H3,(H,17,19);1H/t10-;/m0./s1. The Labute approximate surface area is 135 Å². The zero-order valence-corrected chi connectivity index (χ0v) is 13.2. The van der Waals surface area contributed by atoms with Gasteiger partial charge < -0.3 is 11.1 Å². The summed E-state index contributed by atoms with van der Waals surface area (Å²) in [6, 6.07) is 6.30. The molecule has 0 bridgehead atoms. The molecule has 1 aliphatic heterocycles. The van der Waals surface area contributed by atoms with Gasteiger partial charge in [0.05, 0.1) is 17.2 Å². The van der Waals surface area contributed by atoms with Gasteiger partial charge in [-0.3, -0.25) is 19.3 Å². The van der Waals surface area contributed by atoms with E-state index in [1.165, 1.54) is 4.90 Å². The first-order valence-corrected chi connectivity index (χ1v) is 7.01. The van der Waals surface area contributed by atoms with Gasteiger partial charge >= 0.3 is 0 Å². The summed E-state index contributed by atoms with van der Waals surface area (Å²) in [4.78, 5) is 36.7. The van der Waals surface area contributed by atoms with Crippen molar-refractivity contribution < 1.29 is 14.4 Å². The van der Waals surface area contributed by atoms with Crippen LogP contribution in [-0.2, 0) is 4.79 Å². The van der Waals surface area contributed by atoms with Gasteiger partial charge in [-0.05, 0) is 31.9 Å². The fourth-order valence-electron chi connectivity index (χ4n) is 2.21. The van der Waals surface area contributed by atoms with E-state index in [-0.39, 0.29) is 30.1 Å². The maximum absolute atomic E-state index is 12.1. The van der Waals surface area contributed by atoms with E-state index in [4.69, 9.17) is 5.73 Å². The van der Waals surface area contributed by atoms with Crippen molar-refractivity contribution in [2.45, 2.75) is 25.8 Å². The van der Waals surface area contributed by atoms with Crippen molar-refractivity contribution in [2.75, 3.05) is 13.1 Å². The third-order valence-corrected chi connectivity index (χ3v) is 3.40. The molecule has 1 aromatic carbocycles. The van der Waals surface area contributed by atoms with Crippen LogP contribution in [0.1, 0.15) is 40.5 Å². The number of halogens is 1. The van der Waals surface area contributed by atoms with Crippen LogP contribution in [0.25, 0.3) is 0 Å². The minimum absolute atomic E-state index is 0. The molecule has 7 heteroatoms. The predicted octanol–water partition coefficient (Wildman–Crippen LogP) is 0.948. The van der Waals surface area contributed by atoms with E-state index in [0.717, 1.165) is 0 Å². The first kappa shape index (κ1) is 18.1. The minimum Gasteiger partial charge on any atom is -0.355 e. The van der Waals surface area contributed by atoms with E-state index in [2.05, 4.69) is 5.32 Å². The molecular weight excluding hydrogens is 306 g/mol. The molecule has 22 heavy (non-hydrogen) atoms. The first-order chi connectivity index (χ1) is 10.0. The Morgan fingerprint density at radius 3 is 2.23 bits per heavy atom. The van der Waals surface area contributed by atoms with E-state index < -0.39 is 6.04 Å². The molecule has 1 aliphatic rings. The molecule has 0 aromatic heterocycles. The van der Waals surface area contributed by atoms with E-state index in [1.54, 1.807) is 31.2 Å². The van der Waals surface area contributed by atoms with Crippen molar-refractivity contribution in [3.05, 3.63) is 35.4 Å². The van der Waals surface area contributed by atoms with Crippen LogP contribution in [0.4, 0.5) is 0 Å². The van der Waals surface area contributed by atoms with Gasteiger partial charge in [0.25, 0.3) is 11.8 Å². The normalized spacial score (nSPS) is 14.4. The van der Waals surface area contributed by atoms with Crippen molar-refractivity contribution in [1.82, 2.24) is 10.2 Å². The number of nitrogens with one attached hydrogen (secondary N) is 1. The van der Waals surface area contributed by atoms with Gasteiger partial charge in [0, 0.05) is 13.1 Å². The smallest absolute Gasteiger partial charge is 0.261 e. The van der Waals surface area contributed by atoms with Crippen LogP contribution in [0.3, 0.4) is 0 Å². The SMILES string of the molecule is C[C@H](N)C(=O)NCCCCN1C(=O)c2ccccc2C1=O.Cl. The lowest BCUT2D eigenvalue weighted by atomic mass is 10.1. The van der Waals surface area contributed by atoms with Crippen LogP contribution in [0.2, 0.25) is 0 Å². The zero-order chi connectivity index (χ0) is 15.4. The number of nitrogens with two attached hydrogens (primary N) is 1. The average Bonchev–Trinajstić information content (AvgIpc) is 2.71. The Hall–Kier alpha value is -1.92. The largest absolute Gasteiger partial charge is 0.355 e. The second kappa shape index (κ2) is 7.91. The van der Waals surface area contributed by atoms with Crippen LogP contribution in [0.5, 0.6) is 0 Å². The van der Waals surface area contributed by atoms with Crippen LogP contribution >= 0.6 is 12.4 Å². The number of nitrogens with zero attached hydrogens (tertiary/aromatic N) is 1. The molecule has 0 saturated heterocycles. The van der Waals surface area contributed by atoms with Gasteiger partial charge in [-0.25, -0.2) is 0 Å². The molecule has 0 aliphatic carbocycles. The van der Waals surface area contributed by atoms with Crippen molar-refractivity contribution in [3.8, 4) is 0 Å². The Balaban J connectivity index is 0.00000242. The second-order valence-corrected chi connectivity index (χ2v) is 5.09. The number of carbonyl (C=O) groups is 3. The summed E-state index contributed by atoms with van der Waals surface area (Å²) in [5.74, 6) is -0.679. The number of hydrogen-bond acceptors (Lipinski definition) is 4. The third kappa shape index (κ3) is 3.84. The Morgan fingerprint density at radius 2 is 1.73 bits per heavy atom. The lowest BCUT2D eigenvalue weighted by molar-refractivity contribution is -0.121. The summed E-state index contributed by atoms with van der Waals surface area (Å²) in [5.41, 5.74) is 6.36. The van der Waals surface area contributed by atoms with Crippen LogP contribution < -0.4 is 11.1 Å². The Kier molecular flexibility index (Phi) is 6.52. The highest BCUT2D eigenvalue weighted by molar-refractivity contribution is 6.21. The minimum atomic E-state index is -0.527. The summed E-state index contributed by atoms with van der Waals surface area (Å²) < 4.78 is 0. The van der Waals surface area contributed by atoms with Crippen LogP contribution in [-0.4, -0.2) is 41.8 Å². The molecule has 1 aromatic rings. The number of carbonyl (C=O) groups excluding carboxylic acids is 3. The molecule has 3 amide bonds. The van der Waals surface area contributed by atoms with Gasteiger partial charge in [0.15, 0.2) is 0 Å². The van der Waals surface area contributed by atoms with E-state index >= 15 is 0 Å². The number of rotatable bonds is 6. The molecule has 1 atom stereocenters. The van der Waals surface area contributed by atoms with Gasteiger partial charge in [-0.1, -0.05) is 12.1 Å². The zero-order valence-electron chi connectivity index (χ0n) is 12.4. The molecule has 0 fully saturated rings. The molecule has 0 radical (unpaired) electrons. The summed E-state index contributed by atoms with van der Waals surface area (Å²) >= 11 is 0. The van der Waals surface area contributed by atoms with Gasteiger partial charge in [-0.15, -0.1) is 12.4 Å². The van der Waals surface area contributed by atoms with Gasteiger partial charge in [0.2, 0.25) is 5.91 Å². The van der Waals surface area contributed by atoms with Crippen LogP contribution in [0.15, 0.2) is 24.3 Å². The van der Waals surface area contributed by atoms with E-state index in [1.807, 2.05) is 0 Å². The second-order valence-electron chi connectivity index (χ2n) is 5.09. The quantitative estimate of drug-likeness (QED) is 0.601. The summed E-state index contributed by atoms with van der Waals surface area (Å²) in [5, 5.41) is 2.69. The molecule has 0 unspecified atom stereocenters. The van der Waals surface area contributed by atoms with Gasteiger partial charge in [0.1, 0.15) is 0 Å². The van der Waals surface area contributed by atoms with Crippen molar-refractivity contribution in [1.29, 1.82) is 0 Å². The first-order valence-electron chi connectivity index (χ1n) is 7.01. The van der Waals surface area contributed by atoms with Crippen LogP contribution in [0, 0.1) is 0 Å². The highest BCUT2D eigenvalue weighted by atomic mass is 35.5. The maximum atomic E-state index is 12.1. The lowest BCUT2D eigenvalue weighted by Crippen LogP contribution is -2.39. The lowest BCUT2D eigenvalue weighted by Gasteiger charge is -2.13. The molecule has 1 heterocycles. The number of benzene rings is 1. The van der Waals surface area contributed by atoms with E-state index in [0.29, 0.717) is 37.1 Å². The van der Waals surface area contributed by atoms with E-state index in [9.17, 15) is 14.4 Å². The third-order valence-electron chi connectivity index (χ3n) is 3.40. The number of fused-ring (bicyclic) bond motifs is 1. The van der Waals surface area contributed by atoms with Crippen molar-refractivity contribution in [3.63, 3.8) is 0 Å². The topological polar surface area (TPSA) is 92.5 Å². The number of unbranched alkanes of at least 4 members (excludes halogenated alkanes) is 1. The summed E-state index contributed by atoms with van der Waals surface area (Å²) in [6.07, 6.45) is 1.33. The monoisotopic (exact) mass is 325 g/mol. The van der Waals surface area contributed by atoms with Crippen molar-refractivity contribution in [2.24, 2.45) is 5.73 Å². The fraction of sp³-hybridized carbons (Fsp3) is 0.400. The molecule has 6 nitrogen and oxygen atoms in total. The molecule has 0 spiro atoms. The average molecular weight is 326 g/mol. The highest BCUT2D eigenvalue weighted by Crippen LogP contribution is 2.22. The highest BCUT2D eigenvalue weighted by Gasteiger charge is 2.34. The number of imide groups is 1. The summed E-state index contributed by atoms with van der Waals surface area (Å²) in [6.45, 7) is 2.47. The van der Waals surface area contributed by atoms with Crippen molar-refractivity contribution >= 4 is 30.1 Å². The molecule has 2 rings (SSSR count). The fourth-order valence-corrected chi connectivity index (χ4v) is 2.21. The Bertz CT molecular complexity index is 540. The maximum Gasteiger partial charge on any atom is 0.261 e. The molecular formula is C15H20ClN3O3. The number of hydrogen-bond donors (Lipinski definition) is 2. The summed E-state index contributed by atoms with van der Waals surface area (Å²) in [7, 11) is 0. The molecule has 0 saturated carbocycles. The molecule has 120 valence electrons.